The van der Waals surface area contributed by atoms with E-state index in [1.807, 2.05) is 0 Å². The minimum Gasteiger partial charge on any atom is -0.507 e. The van der Waals surface area contributed by atoms with E-state index in [4.69, 9.17) is 14.2 Å². The fourth-order valence-electron chi connectivity index (χ4n) is 7.24. The van der Waals surface area contributed by atoms with E-state index >= 15 is 0 Å². The van der Waals surface area contributed by atoms with Gasteiger partial charge in [-0.25, -0.2) is 0 Å². The number of aromatic hydroxyl groups is 1. The fraction of sp³-hybridized carbons (Fsp3) is 0.581. The van der Waals surface area contributed by atoms with E-state index in [1.165, 1.54) is 19.1 Å². The molecule has 13 heteroatoms. The highest BCUT2D eigenvalue weighted by atomic mass is 16.7. The first kappa shape index (κ1) is 31.1. The van der Waals surface area contributed by atoms with Crippen LogP contribution in [0.15, 0.2) is 35.4 Å². The Morgan fingerprint density at radius 2 is 1.61 bits per heavy atom. The normalized spacial score (nSPS) is 43.9. The molecule has 1 saturated carbocycles. The summed E-state index contributed by atoms with van der Waals surface area (Å²) in [6.45, 7) is 4.49. The van der Waals surface area contributed by atoms with Crippen molar-refractivity contribution in [2.45, 2.75) is 112 Å². The van der Waals surface area contributed by atoms with Crippen molar-refractivity contribution >= 4 is 17.3 Å². The summed E-state index contributed by atoms with van der Waals surface area (Å²) in [4.78, 5) is 40.8. The van der Waals surface area contributed by atoms with Gasteiger partial charge in [-0.3, -0.25) is 14.4 Å². The summed E-state index contributed by atoms with van der Waals surface area (Å²) in [7, 11) is 0. The van der Waals surface area contributed by atoms with Gasteiger partial charge in [0, 0.05) is 42.4 Å². The van der Waals surface area contributed by atoms with Crippen LogP contribution in [-0.4, -0.2) is 113 Å². The molecule has 238 valence electrons. The highest BCUT2D eigenvalue weighted by Crippen LogP contribution is 2.52. The third-order valence-corrected chi connectivity index (χ3v) is 9.57. The SMILES string of the molecule is C[C@@H]1O[C@@H](O[C@@H]2C[C@H](c3ccc4c(c3O)C(=O)C3=C(C4=O)[C@@]4(O)C(=O)C[C@](C)(O)C[C@@]4(O)C=C3)O[C@H](C)[C@H]2O)C[C@H](O)[C@H]1O. The second-order valence-electron chi connectivity index (χ2n) is 12.9. The molecule has 1 aromatic carbocycles. The molecule has 0 radical (unpaired) electrons. The van der Waals surface area contributed by atoms with Crippen molar-refractivity contribution in [2.24, 2.45) is 0 Å². The Kier molecular flexibility index (Phi) is 7.32. The number of fused-ring (bicyclic) bond motifs is 3. The minimum atomic E-state index is -2.79. The van der Waals surface area contributed by atoms with Crippen molar-refractivity contribution in [3.63, 3.8) is 0 Å². The van der Waals surface area contributed by atoms with Crippen LogP contribution >= 0.6 is 0 Å². The molecular formula is C31H36O13. The van der Waals surface area contributed by atoms with Gasteiger partial charge in [-0.1, -0.05) is 12.1 Å². The molecule has 0 spiro atoms. The van der Waals surface area contributed by atoms with Crippen LogP contribution in [0, 0.1) is 0 Å². The van der Waals surface area contributed by atoms with Crippen LogP contribution in [-0.2, 0) is 19.0 Å². The lowest BCUT2D eigenvalue weighted by Crippen LogP contribution is -2.69. The van der Waals surface area contributed by atoms with Gasteiger partial charge in [0.1, 0.15) is 23.6 Å². The molecule has 2 aliphatic heterocycles. The number of allylic oxidation sites excluding steroid dienone is 2. The topological polar surface area (TPSA) is 221 Å². The average Bonchev–Trinajstić information content (AvgIpc) is 2.93. The van der Waals surface area contributed by atoms with E-state index in [9.17, 15) is 50.1 Å². The van der Waals surface area contributed by atoms with E-state index in [1.54, 1.807) is 13.8 Å². The molecule has 1 aromatic rings. The van der Waals surface area contributed by atoms with Gasteiger partial charge in [0.05, 0.1) is 47.3 Å². The van der Waals surface area contributed by atoms with Crippen LogP contribution in [0.25, 0.3) is 0 Å². The number of carbonyl (C=O) groups excluding carboxylic acids is 3. The summed E-state index contributed by atoms with van der Waals surface area (Å²) in [5, 5.41) is 75.7. The maximum absolute atomic E-state index is 13.8. The molecule has 2 heterocycles. The zero-order valence-electron chi connectivity index (χ0n) is 24.3. The van der Waals surface area contributed by atoms with Crippen molar-refractivity contribution in [1.29, 1.82) is 0 Å². The molecule has 0 amide bonds. The number of benzene rings is 1. The molecule has 6 rings (SSSR count). The Morgan fingerprint density at radius 3 is 2.30 bits per heavy atom. The molecular weight excluding hydrogens is 580 g/mol. The zero-order chi connectivity index (χ0) is 32.1. The van der Waals surface area contributed by atoms with Crippen molar-refractivity contribution in [1.82, 2.24) is 0 Å². The van der Waals surface area contributed by atoms with Crippen LogP contribution in [0.5, 0.6) is 5.75 Å². The van der Waals surface area contributed by atoms with Crippen LogP contribution < -0.4 is 0 Å². The molecule has 2 saturated heterocycles. The van der Waals surface area contributed by atoms with Crippen LogP contribution in [0.2, 0.25) is 0 Å². The van der Waals surface area contributed by atoms with Crippen LogP contribution in [0.1, 0.15) is 78.8 Å². The monoisotopic (exact) mass is 616 g/mol. The van der Waals surface area contributed by atoms with E-state index < -0.39 is 107 Å². The van der Waals surface area contributed by atoms with Crippen molar-refractivity contribution in [3.8, 4) is 5.75 Å². The van der Waals surface area contributed by atoms with Gasteiger partial charge in [0.2, 0.25) is 0 Å². The average molecular weight is 617 g/mol. The molecule has 0 bridgehead atoms. The first-order valence-electron chi connectivity index (χ1n) is 14.6. The Balaban J connectivity index is 1.32. The summed E-state index contributed by atoms with van der Waals surface area (Å²) in [6, 6.07) is 2.62. The molecule has 5 aliphatic rings. The number of phenols is 1. The van der Waals surface area contributed by atoms with Crippen molar-refractivity contribution in [2.75, 3.05) is 0 Å². The number of aliphatic hydroxyl groups excluding tert-OH is 3. The molecule has 3 aliphatic carbocycles. The van der Waals surface area contributed by atoms with Crippen LogP contribution in [0.4, 0.5) is 0 Å². The first-order chi connectivity index (χ1) is 20.5. The zero-order valence-corrected chi connectivity index (χ0v) is 24.3. The summed E-state index contributed by atoms with van der Waals surface area (Å²) < 4.78 is 17.6. The van der Waals surface area contributed by atoms with Gasteiger partial charge in [-0.2, -0.15) is 0 Å². The Morgan fingerprint density at radius 1 is 0.932 bits per heavy atom. The van der Waals surface area contributed by atoms with Gasteiger partial charge in [0.15, 0.2) is 29.2 Å². The molecule has 44 heavy (non-hydrogen) atoms. The Bertz CT molecular complexity index is 1480. The van der Waals surface area contributed by atoms with Gasteiger partial charge >= 0.3 is 0 Å². The third kappa shape index (κ3) is 4.53. The predicted octanol–water partition coefficient (Wildman–Crippen LogP) is -0.334. The Hall–Kier alpha value is -2.85. The standard InChI is InChI=1S/C31H36O13/c1-12-24(34)17(32)8-21(43-12)44-19-9-18(42-13(2)25(19)35)14-4-5-15-22(26(14)36)27(37)16-6-7-30(40)11-29(3,39)10-20(33)31(30,41)23(16)28(15)38/h4-7,12-13,17-19,21,24-25,32,34-36,39-41H,8-11H2,1-3H3/t12-,13+,17-,18+,19+,21-,24-,25+,29-,30-,31-/m0/s1. The molecule has 7 N–H and O–H groups in total. The number of hydrogen-bond acceptors (Lipinski definition) is 13. The highest BCUT2D eigenvalue weighted by Gasteiger charge is 2.66. The maximum atomic E-state index is 13.8. The maximum Gasteiger partial charge on any atom is 0.198 e. The lowest BCUT2D eigenvalue weighted by atomic mass is 9.57. The summed E-state index contributed by atoms with van der Waals surface area (Å²) in [5.41, 5.74) is -8.33. The number of rotatable bonds is 3. The number of carbonyl (C=O) groups is 3. The smallest absolute Gasteiger partial charge is 0.198 e. The van der Waals surface area contributed by atoms with Crippen LogP contribution in [0.3, 0.4) is 0 Å². The van der Waals surface area contributed by atoms with E-state index in [-0.39, 0.29) is 35.1 Å². The Labute approximate surface area is 252 Å². The second kappa shape index (κ2) is 10.3. The lowest BCUT2D eigenvalue weighted by molar-refractivity contribution is -0.287. The third-order valence-electron chi connectivity index (χ3n) is 9.57. The van der Waals surface area contributed by atoms with Gasteiger partial charge in [0.25, 0.3) is 0 Å². The summed E-state index contributed by atoms with van der Waals surface area (Å²) in [5.74, 6) is -3.39. The number of aliphatic hydroxyl groups is 6. The first-order valence-corrected chi connectivity index (χ1v) is 14.6. The number of ether oxygens (including phenoxy) is 3. The number of Topliss-reactive ketones (excluding diaryl/α,β-unsaturated/α-hetero) is 3. The molecule has 13 nitrogen and oxygen atoms in total. The quantitative estimate of drug-likeness (QED) is 0.231. The molecule has 0 aromatic heterocycles. The van der Waals surface area contributed by atoms with Crippen molar-refractivity contribution in [3.05, 3.63) is 52.1 Å². The molecule has 11 atom stereocenters. The van der Waals surface area contributed by atoms with Gasteiger partial charge in [-0.05, 0) is 32.9 Å². The van der Waals surface area contributed by atoms with E-state index in [0.717, 1.165) is 12.2 Å². The predicted molar refractivity (Wildman–Crippen MR) is 147 cm³/mol. The number of ketones is 3. The second-order valence-corrected chi connectivity index (χ2v) is 12.9. The van der Waals surface area contributed by atoms with Gasteiger partial charge in [-0.15, -0.1) is 0 Å². The number of phenolic OH excluding ortho intramolecular Hbond substituents is 1. The summed E-state index contributed by atoms with van der Waals surface area (Å²) in [6.07, 6.45) is -6.54. The highest BCUT2D eigenvalue weighted by molar-refractivity contribution is 6.31. The van der Waals surface area contributed by atoms with E-state index in [2.05, 4.69) is 0 Å². The number of hydrogen-bond donors (Lipinski definition) is 7. The van der Waals surface area contributed by atoms with Gasteiger partial charge < -0.3 is 50.0 Å². The molecule has 3 fully saturated rings. The largest absolute Gasteiger partial charge is 0.507 e. The van der Waals surface area contributed by atoms with E-state index in [0.29, 0.717) is 0 Å². The minimum absolute atomic E-state index is 0.0120. The van der Waals surface area contributed by atoms with Crippen molar-refractivity contribution < 1.29 is 64.3 Å². The summed E-state index contributed by atoms with van der Waals surface area (Å²) >= 11 is 0. The molecule has 0 unspecified atom stereocenters. The lowest BCUT2D eigenvalue weighted by Gasteiger charge is -2.51. The fourth-order valence-corrected chi connectivity index (χ4v) is 7.24.